The van der Waals surface area contributed by atoms with Crippen molar-refractivity contribution in [1.29, 1.82) is 0 Å². The lowest BCUT2D eigenvalue weighted by Gasteiger charge is -2.18. The van der Waals surface area contributed by atoms with Crippen molar-refractivity contribution in [3.63, 3.8) is 0 Å². The molecule has 0 radical (unpaired) electrons. The Hall–Kier alpha value is -2.86. The first-order valence-corrected chi connectivity index (χ1v) is 10.5. The maximum atomic E-state index is 12.6. The second-order valence-electron chi connectivity index (χ2n) is 6.67. The maximum absolute atomic E-state index is 12.6. The van der Waals surface area contributed by atoms with Gasteiger partial charge in [-0.15, -0.1) is 0 Å². The van der Waals surface area contributed by atoms with Crippen LogP contribution in [0.15, 0.2) is 65.7 Å². The molecule has 0 fully saturated rings. The molecule has 0 aliphatic heterocycles. The van der Waals surface area contributed by atoms with Crippen LogP contribution in [0.4, 0.5) is 0 Å². The molecule has 1 heterocycles. The van der Waals surface area contributed by atoms with Gasteiger partial charge in [0, 0.05) is 5.39 Å². The zero-order valence-corrected chi connectivity index (χ0v) is 17.4. The van der Waals surface area contributed by atoms with Gasteiger partial charge in [-0.1, -0.05) is 65.9 Å². The molecule has 5 nitrogen and oxygen atoms in total. The molecule has 29 heavy (non-hydrogen) atoms. The highest BCUT2D eigenvalue weighted by atomic mass is 32.2. The van der Waals surface area contributed by atoms with Crippen molar-refractivity contribution in [2.45, 2.75) is 31.3 Å². The number of rotatable bonds is 8. The van der Waals surface area contributed by atoms with Crippen LogP contribution >= 0.6 is 11.8 Å². The molecule has 3 rings (SSSR count). The number of aromatic nitrogens is 1. The molecule has 0 saturated carbocycles. The van der Waals surface area contributed by atoms with E-state index in [-0.39, 0.29) is 24.1 Å². The second kappa shape index (κ2) is 10.1. The smallest absolute Gasteiger partial charge is 0.308 e. The van der Waals surface area contributed by atoms with Gasteiger partial charge in [-0.3, -0.25) is 9.59 Å². The van der Waals surface area contributed by atoms with E-state index in [1.54, 1.807) is 6.92 Å². The van der Waals surface area contributed by atoms with Gasteiger partial charge >= 0.3 is 5.97 Å². The molecule has 3 aromatic rings. The monoisotopic (exact) mass is 408 g/mol. The zero-order chi connectivity index (χ0) is 20.6. The summed E-state index contributed by atoms with van der Waals surface area (Å²) in [6, 6.07) is 19.1. The highest BCUT2D eigenvalue weighted by Gasteiger charge is 2.19. The number of nitrogens with one attached hydrogen (secondary N) is 1. The lowest BCUT2D eigenvalue weighted by molar-refractivity contribution is -0.143. The van der Waals surface area contributed by atoms with Crippen LogP contribution in [-0.2, 0) is 14.3 Å². The van der Waals surface area contributed by atoms with Crippen LogP contribution in [0.5, 0.6) is 0 Å². The summed E-state index contributed by atoms with van der Waals surface area (Å²) in [6.07, 6.45) is 0.0987. The van der Waals surface area contributed by atoms with E-state index < -0.39 is 6.04 Å². The van der Waals surface area contributed by atoms with E-state index in [2.05, 4.69) is 10.3 Å². The molecule has 0 saturated heterocycles. The minimum absolute atomic E-state index is 0.0987. The van der Waals surface area contributed by atoms with Crippen molar-refractivity contribution in [2.75, 3.05) is 12.4 Å². The topological polar surface area (TPSA) is 68.3 Å². The summed E-state index contributed by atoms with van der Waals surface area (Å²) < 4.78 is 5.06. The normalized spacial score (nSPS) is 11.8. The molecule has 1 atom stereocenters. The van der Waals surface area contributed by atoms with Gasteiger partial charge in [0.05, 0.1) is 35.4 Å². The van der Waals surface area contributed by atoms with Crippen molar-refractivity contribution >= 4 is 34.5 Å². The zero-order valence-electron chi connectivity index (χ0n) is 16.6. The molecule has 150 valence electrons. The van der Waals surface area contributed by atoms with Crippen LogP contribution in [-0.4, -0.2) is 29.2 Å². The molecule has 2 aromatic carbocycles. The summed E-state index contributed by atoms with van der Waals surface area (Å²) in [6.45, 7) is 4.08. The minimum atomic E-state index is -0.424. The molecule has 0 bridgehead atoms. The number of para-hydroxylation sites is 1. The van der Waals surface area contributed by atoms with Crippen LogP contribution in [0.1, 0.15) is 30.5 Å². The van der Waals surface area contributed by atoms with E-state index in [0.717, 1.165) is 27.1 Å². The molecule has 1 amide bonds. The number of aryl methyl sites for hydroxylation is 1. The predicted molar refractivity (Wildman–Crippen MR) is 116 cm³/mol. The van der Waals surface area contributed by atoms with Crippen molar-refractivity contribution in [3.8, 4) is 0 Å². The van der Waals surface area contributed by atoms with E-state index >= 15 is 0 Å². The standard InChI is InChI=1S/C23H24N2O3S/c1-3-28-23(27)14-20(18-10-8-16(2)9-11-18)24-21(26)15-29-22-13-12-17-6-4-5-7-19(17)25-22/h4-13,20H,3,14-15H2,1-2H3,(H,24,26)/t20-/m0/s1. The molecule has 0 aliphatic carbocycles. The van der Waals surface area contributed by atoms with Crippen LogP contribution in [0, 0.1) is 6.92 Å². The Bertz CT molecular complexity index is 989. The number of esters is 1. The molecule has 0 aliphatic rings. The SMILES string of the molecule is CCOC(=O)C[C@H](NC(=O)CSc1ccc2ccccc2n1)c1ccc(C)cc1. The fraction of sp³-hybridized carbons (Fsp3) is 0.261. The fourth-order valence-electron chi connectivity index (χ4n) is 2.94. The lowest BCUT2D eigenvalue weighted by atomic mass is 10.0. The molecule has 1 aromatic heterocycles. The Balaban J connectivity index is 1.64. The van der Waals surface area contributed by atoms with E-state index in [1.807, 2.05) is 67.6 Å². The Morgan fingerprint density at radius 3 is 2.59 bits per heavy atom. The van der Waals surface area contributed by atoms with Gasteiger partial charge in [-0.2, -0.15) is 0 Å². The predicted octanol–water partition coefficient (Wildman–Crippen LogP) is 4.45. The van der Waals surface area contributed by atoms with Gasteiger partial charge in [-0.25, -0.2) is 4.98 Å². The second-order valence-corrected chi connectivity index (χ2v) is 7.67. The number of hydrogen-bond donors (Lipinski definition) is 1. The van der Waals surface area contributed by atoms with E-state index in [0.29, 0.717) is 6.61 Å². The number of carbonyl (C=O) groups is 2. The summed E-state index contributed by atoms with van der Waals surface area (Å²) in [4.78, 5) is 29.1. The molecule has 0 spiro atoms. The number of thioether (sulfide) groups is 1. The first kappa shape index (κ1) is 20.9. The lowest BCUT2D eigenvalue weighted by Crippen LogP contribution is -2.32. The highest BCUT2D eigenvalue weighted by Crippen LogP contribution is 2.22. The van der Waals surface area contributed by atoms with Crippen LogP contribution in [0.3, 0.4) is 0 Å². The summed E-state index contributed by atoms with van der Waals surface area (Å²) in [5.74, 6) is -0.265. The Labute approximate surface area is 174 Å². The number of pyridine rings is 1. The molecule has 0 unspecified atom stereocenters. The first-order valence-electron chi connectivity index (χ1n) is 9.55. The third kappa shape index (κ3) is 6.06. The van der Waals surface area contributed by atoms with Gasteiger partial charge in [-0.05, 0) is 31.5 Å². The first-order chi connectivity index (χ1) is 14.0. The van der Waals surface area contributed by atoms with Gasteiger partial charge < -0.3 is 10.1 Å². The number of amides is 1. The summed E-state index contributed by atoms with van der Waals surface area (Å²) in [5.41, 5.74) is 2.90. The Morgan fingerprint density at radius 2 is 1.83 bits per heavy atom. The van der Waals surface area contributed by atoms with Crippen molar-refractivity contribution < 1.29 is 14.3 Å². The van der Waals surface area contributed by atoms with Crippen LogP contribution < -0.4 is 5.32 Å². The van der Waals surface area contributed by atoms with Gasteiger partial charge in [0.15, 0.2) is 0 Å². The Morgan fingerprint density at radius 1 is 1.07 bits per heavy atom. The van der Waals surface area contributed by atoms with Crippen molar-refractivity contribution in [2.24, 2.45) is 0 Å². The number of hydrogen-bond acceptors (Lipinski definition) is 5. The molecular formula is C23H24N2O3S. The van der Waals surface area contributed by atoms with Crippen molar-refractivity contribution in [1.82, 2.24) is 10.3 Å². The number of fused-ring (bicyclic) bond motifs is 1. The van der Waals surface area contributed by atoms with Crippen LogP contribution in [0.2, 0.25) is 0 Å². The molecule has 1 N–H and O–H groups in total. The summed E-state index contributed by atoms with van der Waals surface area (Å²) in [7, 11) is 0. The van der Waals surface area contributed by atoms with Crippen LogP contribution in [0.25, 0.3) is 10.9 Å². The van der Waals surface area contributed by atoms with Gasteiger partial charge in [0.2, 0.25) is 5.91 Å². The number of carbonyl (C=O) groups excluding carboxylic acids is 2. The average Bonchev–Trinajstić information content (AvgIpc) is 2.72. The Kier molecular flexibility index (Phi) is 7.25. The van der Waals surface area contributed by atoms with E-state index in [9.17, 15) is 9.59 Å². The van der Waals surface area contributed by atoms with Gasteiger partial charge in [0.25, 0.3) is 0 Å². The largest absolute Gasteiger partial charge is 0.466 e. The third-order valence-corrected chi connectivity index (χ3v) is 5.34. The van der Waals surface area contributed by atoms with E-state index in [4.69, 9.17) is 4.74 Å². The summed E-state index contributed by atoms with van der Waals surface area (Å²) in [5, 5.41) is 4.81. The average molecular weight is 409 g/mol. The van der Waals surface area contributed by atoms with Crippen molar-refractivity contribution in [3.05, 3.63) is 71.8 Å². The highest BCUT2D eigenvalue weighted by molar-refractivity contribution is 7.99. The van der Waals surface area contributed by atoms with E-state index in [1.165, 1.54) is 11.8 Å². The number of benzene rings is 2. The summed E-state index contributed by atoms with van der Waals surface area (Å²) >= 11 is 1.37. The molecular weight excluding hydrogens is 384 g/mol. The van der Waals surface area contributed by atoms with Gasteiger partial charge in [0.1, 0.15) is 0 Å². The minimum Gasteiger partial charge on any atom is -0.466 e. The molecule has 6 heteroatoms. The number of nitrogens with zero attached hydrogens (tertiary/aromatic N) is 1. The maximum Gasteiger partial charge on any atom is 0.308 e. The number of ether oxygens (including phenoxy) is 1. The fourth-order valence-corrected chi connectivity index (χ4v) is 3.63. The quantitative estimate of drug-likeness (QED) is 0.441. The third-order valence-electron chi connectivity index (χ3n) is 4.42.